The van der Waals surface area contributed by atoms with Crippen molar-refractivity contribution in [2.45, 2.75) is 19.9 Å². The summed E-state index contributed by atoms with van der Waals surface area (Å²) in [5.74, 6) is 1.43. The maximum absolute atomic E-state index is 11.8. The molecule has 17 heavy (non-hydrogen) atoms. The van der Waals surface area contributed by atoms with Crippen LogP contribution in [0, 0.1) is 6.92 Å². The van der Waals surface area contributed by atoms with E-state index in [1.54, 1.807) is 18.3 Å². The lowest BCUT2D eigenvalue weighted by atomic mass is 10.2. The number of nitrogens with one attached hydrogen (secondary N) is 1. The van der Waals surface area contributed by atoms with Crippen LogP contribution in [0.1, 0.15) is 34.8 Å². The summed E-state index contributed by atoms with van der Waals surface area (Å²) < 4.78 is 5.45. The quantitative estimate of drug-likeness (QED) is 0.881. The van der Waals surface area contributed by atoms with E-state index in [2.05, 4.69) is 10.3 Å². The van der Waals surface area contributed by atoms with Crippen molar-refractivity contribution in [2.75, 3.05) is 0 Å². The predicted octanol–water partition coefficient (Wildman–Crippen LogP) is 2.47. The molecule has 0 spiro atoms. The number of aryl methyl sites for hydroxylation is 1. The van der Waals surface area contributed by atoms with Gasteiger partial charge in [0.25, 0.3) is 5.91 Å². The van der Waals surface area contributed by atoms with Gasteiger partial charge in [-0.1, -0.05) is 0 Å². The first-order valence-corrected chi connectivity index (χ1v) is 5.44. The predicted molar refractivity (Wildman–Crippen MR) is 63.6 cm³/mol. The van der Waals surface area contributed by atoms with Gasteiger partial charge in [-0.15, -0.1) is 0 Å². The Kier molecular flexibility index (Phi) is 3.23. The topological polar surface area (TPSA) is 55.1 Å². The fourth-order valence-electron chi connectivity index (χ4n) is 1.53. The summed E-state index contributed by atoms with van der Waals surface area (Å²) in [6.07, 6.45) is 3.17. The minimum Gasteiger partial charge on any atom is -0.464 e. The molecule has 0 saturated heterocycles. The van der Waals surface area contributed by atoms with Crippen molar-refractivity contribution in [1.82, 2.24) is 10.3 Å². The van der Waals surface area contributed by atoms with E-state index in [-0.39, 0.29) is 11.9 Å². The number of amides is 1. The molecule has 0 fully saturated rings. The highest BCUT2D eigenvalue weighted by atomic mass is 16.3. The molecular formula is C13H14N2O2. The van der Waals surface area contributed by atoms with Crippen molar-refractivity contribution < 1.29 is 9.21 Å². The second-order valence-electron chi connectivity index (χ2n) is 3.89. The molecule has 1 N–H and O–H groups in total. The summed E-state index contributed by atoms with van der Waals surface area (Å²) in [5, 5.41) is 2.85. The lowest BCUT2D eigenvalue weighted by Gasteiger charge is -2.11. The summed E-state index contributed by atoms with van der Waals surface area (Å²) >= 11 is 0. The van der Waals surface area contributed by atoms with E-state index in [0.717, 1.165) is 11.5 Å². The molecule has 0 radical (unpaired) electrons. The van der Waals surface area contributed by atoms with E-state index < -0.39 is 0 Å². The molecule has 4 heteroatoms. The first kappa shape index (κ1) is 11.4. The summed E-state index contributed by atoms with van der Waals surface area (Å²) in [4.78, 5) is 15.7. The maximum Gasteiger partial charge on any atom is 0.253 e. The molecule has 0 aliphatic heterocycles. The Labute approximate surface area is 99.7 Å². The highest BCUT2D eigenvalue weighted by Crippen LogP contribution is 2.15. The largest absolute Gasteiger partial charge is 0.464 e. The van der Waals surface area contributed by atoms with Gasteiger partial charge in [0, 0.05) is 12.4 Å². The van der Waals surface area contributed by atoms with Crippen molar-refractivity contribution >= 4 is 5.91 Å². The average Bonchev–Trinajstić information content (AvgIpc) is 2.77. The number of aromatic nitrogens is 1. The number of hydrogen-bond donors (Lipinski definition) is 1. The molecule has 0 saturated carbocycles. The normalized spacial score (nSPS) is 12.1. The van der Waals surface area contributed by atoms with E-state index in [1.807, 2.05) is 26.0 Å². The highest BCUT2D eigenvalue weighted by Gasteiger charge is 2.13. The van der Waals surface area contributed by atoms with Crippen LogP contribution in [0.2, 0.25) is 0 Å². The van der Waals surface area contributed by atoms with E-state index >= 15 is 0 Å². The van der Waals surface area contributed by atoms with Crippen LogP contribution in [0.3, 0.4) is 0 Å². The molecule has 0 aromatic carbocycles. The molecule has 1 unspecified atom stereocenters. The molecule has 0 bridgehead atoms. The first-order chi connectivity index (χ1) is 8.16. The summed E-state index contributed by atoms with van der Waals surface area (Å²) in [7, 11) is 0. The van der Waals surface area contributed by atoms with Gasteiger partial charge >= 0.3 is 0 Å². The molecule has 4 nitrogen and oxygen atoms in total. The molecule has 0 aliphatic rings. The first-order valence-electron chi connectivity index (χ1n) is 5.44. The van der Waals surface area contributed by atoms with Crippen LogP contribution >= 0.6 is 0 Å². The van der Waals surface area contributed by atoms with Crippen LogP contribution in [0.15, 0.2) is 41.1 Å². The zero-order valence-corrected chi connectivity index (χ0v) is 9.81. The number of carbonyl (C=O) groups excluding carboxylic acids is 1. The Balaban J connectivity index is 2.04. The van der Waals surface area contributed by atoms with Crippen molar-refractivity contribution in [1.29, 1.82) is 0 Å². The fourth-order valence-corrected chi connectivity index (χ4v) is 1.53. The molecule has 2 aromatic heterocycles. The molecule has 2 aromatic rings. The van der Waals surface area contributed by atoms with Crippen LogP contribution in [0.5, 0.6) is 0 Å². The third kappa shape index (κ3) is 2.72. The summed E-state index contributed by atoms with van der Waals surface area (Å²) in [5.41, 5.74) is 0.544. The standard InChI is InChI=1S/C13H14N2O2/c1-9-5-6-12(17-9)10(2)15-13(16)11-4-3-7-14-8-11/h3-8,10H,1-2H3,(H,15,16). The minimum absolute atomic E-state index is 0.153. The van der Waals surface area contributed by atoms with E-state index in [9.17, 15) is 4.79 Å². The third-order valence-electron chi connectivity index (χ3n) is 2.46. The number of pyridine rings is 1. The fraction of sp³-hybridized carbons (Fsp3) is 0.231. The zero-order chi connectivity index (χ0) is 12.3. The van der Waals surface area contributed by atoms with Gasteiger partial charge in [0.1, 0.15) is 11.5 Å². The average molecular weight is 230 g/mol. The van der Waals surface area contributed by atoms with Gasteiger partial charge in [0.05, 0.1) is 11.6 Å². The molecule has 0 aliphatic carbocycles. The molecule has 2 rings (SSSR count). The lowest BCUT2D eigenvalue weighted by molar-refractivity contribution is 0.0934. The SMILES string of the molecule is Cc1ccc(C(C)NC(=O)c2cccnc2)o1. The second kappa shape index (κ2) is 4.82. The van der Waals surface area contributed by atoms with Gasteiger partial charge in [0.2, 0.25) is 0 Å². The van der Waals surface area contributed by atoms with E-state index in [1.165, 1.54) is 6.20 Å². The van der Waals surface area contributed by atoms with Gasteiger partial charge in [0.15, 0.2) is 0 Å². The molecular weight excluding hydrogens is 216 g/mol. The number of hydrogen-bond acceptors (Lipinski definition) is 3. The Morgan fingerprint density at radius 2 is 2.24 bits per heavy atom. The van der Waals surface area contributed by atoms with Gasteiger partial charge in [-0.3, -0.25) is 9.78 Å². The third-order valence-corrected chi connectivity index (χ3v) is 2.46. The van der Waals surface area contributed by atoms with Crippen LogP contribution in [0.25, 0.3) is 0 Å². The van der Waals surface area contributed by atoms with Gasteiger partial charge < -0.3 is 9.73 Å². The molecule has 2 heterocycles. The van der Waals surface area contributed by atoms with E-state index in [4.69, 9.17) is 4.42 Å². The van der Waals surface area contributed by atoms with Crippen LogP contribution < -0.4 is 5.32 Å². The Morgan fingerprint density at radius 3 is 2.82 bits per heavy atom. The Hall–Kier alpha value is -2.10. The number of carbonyl (C=O) groups is 1. The van der Waals surface area contributed by atoms with Crippen LogP contribution in [-0.4, -0.2) is 10.9 Å². The molecule has 1 atom stereocenters. The number of nitrogens with zero attached hydrogens (tertiary/aromatic N) is 1. The highest BCUT2D eigenvalue weighted by molar-refractivity contribution is 5.93. The monoisotopic (exact) mass is 230 g/mol. The second-order valence-corrected chi connectivity index (χ2v) is 3.89. The van der Waals surface area contributed by atoms with Crippen molar-refractivity contribution in [3.05, 3.63) is 53.7 Å². The summed E-state index contributed by atoms with van der Waals surface area (Å²) in [6.45, 7) is 3.76. The van der Waals surface area contributed by atoms with Gasteiger partial charge in [-0.05, 0) is 38.1 Å². The smallest absolute Gasteiger partial charge is 0.253 e. The van der Waals surface area contributed by atoms with Crippen molar-refractivity contribution in [2.24, 2.45) is 0 Å². The zero-order valence-electron chi connectivity index (χ0n) is 9.81. The van der Waals surface area contributed by atoms with Gasteiger partial charge in [-0.25, -0.2) is 0 Å². The summed E-state index contributed by atoms with van der Waals surface area (Å²) in [6, 6.07) is 7.04. The van der Waals surface area contributed by atoms with E-state index in [0.29, 0.717) is 5.56 Å². The number of furan rings is 1. The number of rotatable bonds is 3. The molecule has 1 amide bonds. The van der Waals surface area contributed by atoms with Crippen molar-refractivity contribution in [3.63, 3.8) is 0 Å². The molecule has 88 valence electrons. The Morgan fingerprint density at radius 1 is 1.41 bits per heavy atom. The van der Waals surface area contributed by atoms with Crippen molar-refractivity contribution in [3.8, 4) is 0 Å². The van der Waals surface area contributed by atoms with Crippen LogP contribution in [-0.2, 0) is 0 Å². The minimum atomic E-state index is -0.156. The maximum atomic E-state index is 11.8. The lowest BCUT2D eigenvalue weighted by Crippen LogP contribution is -2.26. The van der Waals surface area contributed by atoms with Crippen LogP contribution in [0.4, 0.5) is 0 Å². The van der Waals surface area contributed by atoms with Gasteiger partial charge in [-0.2, -0.15) is 0 Å². The Bertz CT molecular complexity index is 505.